The van der Waals surface area contributed by atoms with Crippen molar-refractivity contribution in [1.82, 2.24) is 15.1 Å². The number of benzene rings is 1. The van der Waals surface area contributed by atoms with Gasteiger partial charge in [0.15, 0.2) is 5.69 Å². The third-order valence-electron chi connectivity index (χ3n) is 3.15. The minimum atomic E-state index is -0.231. The van der Waals surface area contributed by atoms with Crippen LogP contribution in [0.5, 0.6) is 0 Å². The molecule has 0 spiro atoms. The van der Waals surface area contributed by atoms with Crippen molar-refractivity contribution in [3.8, 4) is 5.69 Å². The molecule has 0 saturated heterocycles. The number of aromatic nitrogens is 2. The average molecular weight is 308 g/mol. The topological polar surface area (TPSA) is 67.2 Å². The van der Waals surface area contributed by atoms with Crippen LogP contribution >= 0.6 is 11.6 Å². The van der Waals surface area contributed by atoms with Crippen LogP contribution in [-0.2, 0) is 0 Å². The smallest absolute Gasteiger partial charge is 0.271 e. The molecule has 2 aromatic rings. The lowest BCUT2D eigenvalue weighted by Gasteiger charge is -2.10. The summed E-state index contributed by atoms with van der Waals surface area (Å²) in [5, 5.41) is 16.4. The molecule has 0 fully saturated rings. The fourth-order valence-electron chi connectivity index (χ4n) is 1.90. The molecule has 0 bridgehead atoms. The minimum Gasteiger partial charge on any atom is -0.396 e. The molecule has 0 radical (unpaired) electrons. The summed E-state index contributed by atoms with van der Waals surface area (Å²) < 4.78 is 1.58. The van der Waals surface area contributed by atoms with E-state index in [9.17, 15) is 4.79 Å². The van der Waals surface area contributed by atoms with E-state index in [-0.39, 0.29) is 18.4 Å². The van der Waals surface area contributed by atoms with Crippen molar-refractivity contribution in [3.05, 3.63) is 47.2 Å². The van der Waals surface area contributed by atoms with E-state index in [0.717, 1.165) is 5.69 Å². The molecule has 1 atom stereocenters. The van der Waals surface area contributed by atoms with Crippen molar-refractivity contribution in [3.63, 3.8) is 0 Å². The van der Waals surface area contributed by atoms with Gasteiger partial charge in [0.05, 0.1) is 10.7 Å². The maximum Gasteiger partial charge on any atom is 0.271 e. The normalized spacial score (nSPS) is 12.1. The molecule has 2 rings (SSSR count). The molecule has 21 heavy (non-hydrogen) atoms. The maximum absolute atomic E-state index is 12.0. The van der Waals surface area contributed by atoms with Gasteiger partial charge in [0.1, 0.15) is 0 Å². The molecule has 0 aliphatic heterocycles. The first-order chi connectivity index (χ1) is 10.1. The molecule has 1 aromatic carbocycles. The van der Waals surface area contributed by atoms with Gasteiger partial charge in [-0.3, -0.25) is 4.79 Å². The minimum absolute atomic E-state index is 0.123. The molecular weight excluding hydrogens is 290 g/mol. The van der Waals surface area contributed by atoms with Gasteiger partial charge in [0.25, 0.3) is 5.91 Å². The van der Waals surface area contributed by atoms with Crippen LogP contribution in [-0.4, -0.2) is 33.9 Å². The highest BCUT2D eigenvalue weighted by Gasteiger charge is 2.12. The van der Waals surface area contributed by atoms with E-state index in [2.05, 4.69) is 10.4 Å². The van der Waals surface area contributed by atoms with Crippen LogP contribution in [0.2, 0.25) is 5.02 Å². The van der Waals surface area contributed by atoms with E-state index in [1.54, 1.807) is 23.0 Å². The van der Waals surface area contributed by atoms with Crippen LogP contribution in [0.4, 0.5) is 0 Å². The van der Waals surface area contributed by atoms with Crippen molar-refractivity contribution in [2.75, 3.05) is 13.2 Å². The molecule has 1 aromatic heterocycles. The van der Waals surface area contributed by atoms with Crippen LogP contribution in [0.25, 0.3) is 5.69 Å². The van der Waals surface area contributed by atoms with Crippen LogP contribution in [0.1, 0.15) is 23.8 Å². The van der Waals surface area contributed by atoms with Crippen molar-refractivity contribution in [2.45, 2.75) is 13.3 Å². The second kappa shape index (κ2) is 7.24. The van der Waals surface area contributed by atoms with Gasteiger partial charge in [-0.25, -0.2) is 4.68 Å². The fraction of sp³-hybridized carbons (Fsp3) is 0.333. The lowest BCUT2D eigenvalue weighted by molar-refractivity contribution is 0.0940. The van der Waals surface area contributed by atoms with Gasteiger partial charge in [-0.15, -0.1) is 0 Å². The Morgan fingerprint density at radius 1 is 1.43 bits per heavy atom. The fourth-order valence-corrected chi connectivity index (χ4v) is 2.12. The largest absolute Gasteiger partial charge is 0.396 e. The Morgan fingerprint density at radius 2 is 2.19 bits per heavy atom. The van der Waals surface area contributed by atoms with Gasteiger partial charge in [0.2, 0.25) is 0 Å². The molecule has 0 aliphatic carbocycles. The molecule has 1 unspecified atom stereocenters. The first-order valence-electron chi connectivity index (χ1n) is 6.81. The molecular formula is C15H18ClN3O2. The lowest BCUT2D eigenvalue weighted by Crippen LogP contribution is -2.29. The highest BCUT2D eigenvalue weighted by molar-refractivity contribution is 6.32. The highest BCUT2D eigenvalue weighted by Crippen LogP contribution is 2.19. The first-order valence-corrected chi connectivity index (χ1v) is 7.19. The summed E-state index contributed by atoms with van der Waals surface area (Å²) in [6.07, 6.45) is 2.36. The van der Waals surface area contributed by atoms with Crippen LogP contribution in [0, 0.1) is 5.92 Å². The van der Waals surface area contributed by atoms with Gasteiger partial charge >= 0.3 is 0 Å². The zero-order chi connectivity index (χ0) is 15.2. The number of nitrogens with zero attached hydrogens (tertiary/aromatic N) is 2. The van der Waals surface area contributed by atoms with Crippen molar-refractivity contribution < 1.29 is 9.90 Å². The monoisotopic (exact) mass is 307 g/mol. The van der Waals surface area contributed by atoms with Crippen LogP contribution in [0.15, 0.2) is 36.5 Å². The number of nitrogens with one attached hydrogen (secondary N) is 1. The number of amides is 1. The summed E-state index contributed by atoms with van der Waals surface area (Å²) >= 11 is 6.10. The highest BCUT2D eigenvalue weighted by atomic mass is 35.5. The van der Waals surface area contributed by atoms with Gasteiger partial charge in [0, 0.05) is 19.3 Å². The average Bonchev–Trinajstić information content (AvgIpc) is 2.95. The summed E-state index contributed by atoms with van der Waals surface area (Å²) in [5.74, 6) is -0.00445. The van der Waals surface area contributed by atoms with Crippen LogP contribution in [0.3, 0.4) is 0 Å². The summed E-state index contributed by atoms with van der Waals surface area (Å²) in [6, 6.07) is 8.95. The second-order valence-electron chi connectivity index (χ2n) is 4.92. The predicted octanol–water partition coefficient (Wildman–Crippen LogP) is 2.27. The zero-order valence-electron chi connectivity index (χ0n) is 11.8. The van der Waals surface area contributed by atoms with E-state index in [1.807, 2.05) is 25.1 Å². The quantitative estimate of drug-likeness (QED) is 0.860. The lowest BCUT2D eigenvalue weighted by atomic mass is 10.1. The number of aliphatic hydroxyl groups is 1. The zero-order valence-corrected chi connectivity index (χ0v) is 12.5. The number of hydrogen-bond acceptors (Lipinski definition) is 3. The van der Waals surface area contributed by atoms with E-state index < -0.39 is 0 Å². The molecule has 112 valence electrons. The Bertz CT molecular complexity index is 612. The molecule has 2 N–H and O–H groups in total. The number of hydrogen-bond donors (Lipinski definition) is 2. The maximum atomic E-state index is 12.0. The Morgan fingerprint density at radius 3 is 2.90 bits per heavy atom. The van der Waals surface area contributed by atoms with E-state index in [0.29, 0.717) is 23.7 Å². The summed E-state index contributed by atoms with van der Waals surface area (Å²) in [6.45, 7) is 2.61. The number of para-hydroxylation sites is 1. The van der Waals surface area contributed by atoms with E-state index in [1.165, 1.54) is 0 Å². The molecule has 0 saturated carbocycles. The Balaban J connectivity index is 2.03. The van der Waals surface area contributed by atoms with E-state index >= 15 is 0 Å². The SMILES string of the molecule is CC(CCO)CNC(=O)c1ccn(-c2ccccc2Cl)n1. The summed E-state index contributed by atoms with van der Waals surface area (Å²) in [4.78, 5) is 12.0. The molecule has 5 nitrogen and oxygen atoms in total. The molecule has 1 heterocycles. The molecule has 1 amide bonds. The number of halogens is 1. The number of carbonyl (C=O) groups is 1. The first kappa shape index (κ1) is 15.5. The number of rotatable bonds is 6. The van der Waals surface area contributed by atoms with Crippen molar-refractivity contribution in [2.24, 2.45) is 5.92 Å². The van der Waals surface area contributed by atoms with Gasteiger partial charge in [-0.05, 0) is 30.5 Å². The molecule has 6 heteroatoms. The number of carbonyl (C=O) groups excluding carboxylic acids is 1. The predicted molar refractivity (Wildman–Crippen MR) is 81.8 cm³/mol. The van der Waals surface area contributed by atoms with Gasteiger partial charge in [-0.2, -0.15) is 5.10 Å². The third kappa shape index (κ3) is 4.06. The summed E-state index contributed by atoms with van der Waals surface area (Å²) in [7, 11) is 0. The Labute approximate surface area is 128 Å². The Kier molecular flexibility index (Phi) is 5.36. The van der Waals surface area contributed by atoms with Crippen molar-refractivity contribution >= 4 is 17.5 Å². The Hall–Kier alpha value is -1.85. The third-order valence-corrected chi connectivity index (χ3v) is 3.47. The van der Waals surface area contributed by atoms with Gasteiger partial charge in [-0.1, -0.05) is 30.7 Å². The summed E-state index contributed by atoms with van der Waals surface area (Å²) in [5.41, 5.74) is 1.07. The molecule has 0 aliphatic rings. The number of aliphatic hydroxyl groups excluding tert-OH is 1. The van der Waals surface area contributed by atoms with Crippen molar-refractivity contribution in [1.29, 1.82) is 0 Å². The van der Waals surface area contributed by atoms with E-state index in [4.69, 9.17) is 16.7 Å². The van der Waals surface area contributed by atoms with Crippen LogP contribution < -0.4 is 5.32 Å². The second-order valence-corrected chi connectivity index (χ2v) is 5.33. The standard InChI is InChI=1S/C15H18ClN3O2/c1-11(7-9-20)10-17-15(21)13-6-8-19(18-13)14-5-3-2-4-12(14)16/h2-6,8,11,20H,7,9-10H2,1H3,(H,17,21). The van der Waals surface area contributed by atoms with Gasteiger partial charge < -0.3 is 10.4 Å².